The number of hydrogen-bond acceptors (Lipinski definition) is 6. The van der Waals surface area contributed by atoms with Crippen LogP contribution >= 0.6 is 0 Å². The van der Waals surface area contributed by atoms with Gasteiger partial charge in [-0.15, -0.1) is 5.10 Å². The van der Waals surface area contributed by atoms with Crippen LogP contribution < -0.4 is 20.8 Å². The van der Waals surface area contributed by atoms with Crippen molar-refractivity contribution in [3.63, 3.8) is 0 Å². The Bertz CT molecular complexity index is 1230. The van der Waals surface area contributed by atoms with Crippen LogP contribution in [0.2, 0.25) is 5.04 Å². The van der Waals surface area contributed by atoms with E-state index in [0.717, 1.165) is 5.56 Å². The highest BCUT2D eigenvalue weighted by Gasteiger charge is 2.50. The molecule has 0 amide bonds. The van der Waals surface area contributed by atoms with Crippen molar-refractivity contribution in [1.29, 1.82) is 0 Å². The first-order valence-electron chi connectivity index (χ1n) is 11.5. The number of para-hydroxylation sites is 1. The highest BCUT2D eigenvalue weighted by molar-refractivity contribution is 6.99. The molecule has 0 saturated carbocycles. The first-order valence-corrected chi connectivity index (χ1v) is 13.4. The molecule has 0 bridgehead atoms. The Hall–Kier alpha value is -3.49. The van der Waals surface area contributed by atoms with E-state index < -0.39 is 8.32 Å². The van der Waals surface area contributed by atoms with Gasteiger partial charge in [-0.25, -0.2) is 4.68 Å². The van der Waals surface area contributed by atoms with Gasteiger partial charge in [-0.3, -0.25) is 0 Å². The lowest BCUT2D eigenvalue weighted by Gasteiger charge is -2.43. The molecule has 2 N–H and O–H groups in total. The van der Waals surface area contributed by atoms with Crippen LogP contribution in [0.25, 0.3) is 11.4 Å². The summed E-state index contributed by atoms with van der Waals surface area (Å²) in [7, 11) is -2.70. The van der Waals surface area contributed by atoms with Crippen molar-refractivity contribution < 1.29 is 9.16 Å². The lowest BCUT2D eigenvalue weighted by molar-refractivity contribution is 0.169. The quantitative estimate of drug-likeness (QED) is 0.354. The van der Waals surface area contributed by atoms with Gasteiger partial charge >= 0.3 is 0 Å². The molecule has 7 nitrogen and oxygen atoms in total. The second-order valence-corrected chi connectivity index (χ2v) is 13.9. The number of fused-ring (bicyclic) bond motifs is 3. The number of benzene rings is 3. The second-order valence-electron chi connectivity index (χ2n) is 9.61. The maximum Gasteiger partial charge on any atom is 0.261 e. The summed E-state index contributed by atoms with van der Waals surface area (Å²) in [5.74, 6) is 1.25. The molecule has 174 valence electrons. The first-order chi connectivity index (χ1) is 16.4. The number of nitrogens with two attached hydrogens (primary N) is 1. The van der Waals surface area contributed by atoms with Crippen LogP contribution in [0.1, 0.15) is 26.8 Å². The van der Waals surface area contributed by atoms with Gasteiger partial charge in [0, 0.05) is 0 Å². The maximum absolute atomic E-state index is 7.13. The average molecular weight is 472 g/mol. The van der Waals surface area contributed by atoms with Gasteiger partial charge in [-0.05, 0) is 38.0 Å². The summed E-state index contributed by atoms with van der Waals surface area (Å²) in [6.45, 7) is 7.56. The van der Waals surface area contributed by atoms with Crippen LogP contribution in [0.3, 0.4) is 0 Å². The predicted molar refractivity (Wildman–Crippen MR) is 136 cm³/mol. The third-order valence-electron chi connectivity index (χ3n) is 6.45. The largest absolute Gasteiger partial charge is 0.488 e. The standard InChI is InChI=1S/C26H29N5O2Si/c1-26(2,3)34(20-11-6-4-7-12-20,21-13-8-5-9-14-21)33-18-19-17-32-24-22(15-10-16-23(24)27)25-28-29-30-31(19)25/h4-16,19H,17-18,27H2,1-3H3/t19-/m0/s1. The number of tetrazole rings is 1. The summed E-state index contributed by atoms with van der Waals surface area (Å²) >= 11 is 0. The molecule has 5 rings (SSSR count). The van der Waals surface area contributed by atoms with E-state index in [-0.39, 0.29) is 11.1 Å². The van der Waals surface area contributed by atoms with E-state index in [1.807, 2.05) is 35.0 Å². The molecule has 8 heteroatoms. The van der Waals surface area contributed by atoms with Crippen molar-refractivity contribution in [3.8, 4) is 17.1 Å². The fourth-order valence-electron chi connectivity index (χ4n) is 4.86. The van der Waals surface area contributed by atoms with Gasteiger partial charge in [0.05, 0.1) is 17.9 Å². The maximum atomic E-state index is 7.13. The molecule has 0 aliphatic carbocycles. The molecule has 0 unspecified atom stereocenters. The van der Waals surface area contributed by atoms with Gasteiger partial charge in [-0.1, -0.05) is 87.5 Å². The normalized spacial score (nSPS) is 15.7. The Morgan fingerprint density at radius 2 is 1.62 bits per heavy atom. The highest BCUT2D eigenvalue weighted by Crippen LogP contribution is 2.39. The fourth-order valence-corrected chi connectivity index (χ4v) is 9.46. The van der Waals surface area contributed by atoms with Crippen LogP contribution in [-0.4, -0.2) is 41.7 Å². The molecular weight excluding hydrogens is 442 g/mol. The number of ether oxygens (including phenoxy) is 1. The number of anilines is 1. The Balaban J connectivity index is 1.56. The third-order valence-corrected chi connectivity index (χ3v) is 11.5. The fraction of sp³-hybridized carbons (Fsp3) is 0.269. The van der Waals surface area contributed by atoms with Gasteiger partial charge in [0.1, 0.15) is 12.6 Å². The molecule has 2 heterocycles. The smallest absolute Gasteiger partial charge is 0.261 e. The summed E-state index contributed by atoms with van der Waals surface area (Å²) in [6.07, 6.45) is 0. The molecule has 1 aromatic heterocycles. The highest BCUT2D eigenvalue weighted by atomic mass is 28.4. The zero-order chi connectivity index (χ0) is 23.8. The summed E-state index contributed by atoms with van der Waals surface area (Å²) in [6, 6.07) is 26.6. The third kappa shape index (κ3) is 3.68. The van der Waals surface area contributed by atoms with E-state index in [9.17, 15) is 0 Å². The first kappa shape index (κ1) is 22.3. The minimum absolute atomic E-state index is 0.127. The Labute approximate surface area is 200 Å². The van der Waals surface area contributed by atoms with E-state index in [1.165, 1.54) is 10.4 Å². The average Bonchev–Trinajstić information content (AvgIpc) is 3.26. The Morgan fingerprint density at radius 3 is 2.24 bits per heavy atom. The van der Waals surface area contributed by atoms with E-state index in [2.05, 4.69) is 84.8 Å². The molecule has 0 radical (unpaired) electrons. The molecule has 1 aliphatic heterocycles. The van der Waals surface area contributed by atoms with Gasteiger partial charge in [-0.2, -0.15) is 0 Å². The molecular formula is C26H29N5O2Si. The number of aromatic nitrogens is 4. The van der Waals surface area contributed by atoms with Crippen LogP contribution in [-0.2, 0) is 4.43 Å². The number of rotatable bonds is 5. The van der Waals surface area contributed by atoms with Crippen molar-refractivity contribution in [2.45, 2.75) is 31.9 Å². The second kappa shape index (κ2) is 8.70. The van der Waals surface area contributed by atoms with Crippen LogP contribution in [0.5, 0.6) is 5.75 Å². The minimum Gasteiger partial charge on any atom is -0.488 e. The summed E-state index contributed by atoms with van der Waals surface area (Å²) in [5, 5.41) is 14.9. The lowest BCUT2D eigenvalue weighted by Crippen LogP contribution is -2.67. The molecule has 0 fully saturated rings. The van der Waals surface area contributed by atoms with Gasteiger partial charge in [0.25, 0.3) is 8.32 Å². The molecule has 4 aromatic rings. The van der Waals surface area contributed by atoms with Crippen LogP contribution in [0.4, 0.5) is 5.69 Å². The molecule has 3 aromatic carbocycles. The van der Waals surface area contributed by atoms with E-state index in [4.69, 9.17) is 14.9 Å². The van der Waals surface area contributed by atoms with E-state index in [0.29, 0.717) is 30.5 Å². The Kier molecular flexibility index (Phi) is 5.71. The number of nitrogens with zero attached hydrogens (tertiary/aromatic N) is 4. The zero-order valence-electron chi connectivity index (χ0n) is 19.7. The van der Waals surface area contributed by atoms with E-state index >= 15 is 0 Å². The van der Waals surface area contributed by atoms with Gasteiger partial charge in [0.15, 0.2) is 11.6 Å². The van der Waals surface area contributed by atoms with Crippen LogP contribution in [0, 0.1) is 0 Å². The van der Waals surface area contributed by atoms with Crippen LogP contribution in [0.15, 0.2) is 78.9 Å². The monoisotopic (exact) mass is 471 g/mol. The topological polar surface area (TPSA) is 88.1 Å². The molecule has 1 atom stereocenters. The van der Waals surface area contributed by atoms with Crippen molar-refractivity contribution in [3.05, 3.63) is 78.9 Å². The number of hydrogen-bond donors (Lipinski definition) is 1. The number of nitrogen functional groups attached to an aromatic ring is 1. The lowest BCUT2D eigenvalue weighted by atomic mass is 10.1. The van der Waals surface area contributed by atoms with Crippen molar-refractivity contribution >= 4 is 24.4 Å². The summed E-state index contributed by atoms with van der Waals surface area (Å²) in [4.78, 5) is 0. The van der Waals surface area contributed by atoms with Crippen molar-refractivity contribution in [2.24, 2.45) is 0 Å². The summed E-state index contributed by atoms with van der Waals surface area (Å²) in [5.41, 5.74) is 7.57. The zero-order valence-corrected chi connectivity index (χ0v) is 20.7. The molecule has 0 saturated heterocycles. The van der Waals surface area contributed by atoms with Crippen molar-refractivity contribution in [2.75, 3.05) is 18.9 Å². The SMILES string of the molecule is CC(C)(C)[Si](OC[C@@H]1COc2c(N)cccc2-c2nnnn21)(c1ccccc1)c1ccccc1. The Morgan fingerprint density at radius 1 is 0.971 bits per heavy atom. The minimum atomic E-state index is -2.70. The summed E-state index contributed by atoms with van der Waals surface area (Å²) < 4.78 is 15.1. The van der Waals surface area contributed by atoms with E-state index in [1.54, 1.807) is 0 Å². The van der Waals surface area contributed by atoms with Crippen molar-refractivity contribution in [1.82, 2.24) is 20.2 Å². The molecule has 1 aliphatic rings. The van der Waals surface area contributed by atoms with Gasteiger partial charge in [0.2, 0.25) is 0 Å². The molecule has 0 spiro atoms. The predicted octanol–water partition coefficient (Wildman–Crippen LogP) is 3.43. The van der Waals surface area contributed by atoms with Gasteiger partial charge < -0.3 is 14.9 Å². The molecule has 34 heavy (non-hydrogen) atoms.